The first kappa shape index (κ1) is 19.8. The predicted octanol–water partition coefficient (Wildman–Crippen LogP) is 5.50. The highest BCUT2D eigenvalue weighted by Gasteiger charge is 2.34. The lowest BCUT2D eigenvalue weighted by Gasteiger charge is -2.31. The number of nitrogens with zero attached hydrogens (tertiary/aromatic N) is 1. The van der Waals surface area contributed by atoms with E-state index in [0.29, 0.717) is 11.8 Å². The molecule has 1 aliphatic carbocycles. The zero-order valence-corrected chi connectivity index (χ0v) is 17.4. The summed E-state index contributed by atoms with van der Waals surface area (Å²) in [5, 5.41) is 15.9. The smallest absolute Gasteiger partial charge is 0.319 e. The fourth-order valence-electron chi connectivity index (χ4n) is 4.23. The molecule has 2 amide bonds. The number of carbonyl (C=O) groups is 1. The number of benzene rings is 1. The molecule has 1 saturated carbocycles. The van der Waals surface area contributed by atoms with Gasteiger partial charge in [0.2, 0.25) is 5.89 Å². The maximum absolute atomic E-state index is 12.4. The summed E-state index contributed by atoms with van der Waals surface area (Å²) in [4.78, 5) is 17.2. The first-order valence-corrected chi connectivity index (χ1v) is 10.6. The Hall–Kier alpha value is -2.47. The van der Waals surface area contributed by atoms with Gasteiger partial charge in [-0.25, -0.2) is 9.78 Å². The van der Waals surface area contributed by atoms with Crippen LogP contribution in [0.2, 0.25) is 5.02 Å². The zero-order chi connectivity index (χ0) is 20.5. The third kappa shape index (κ3) is 3.99. The second kappa shape index (κ2) is 8.11. The molecule has 2 heterocycles. The average Bonchev–Trinajstić information content (AvgIpc) is 3.20. The lowest BCUT2D eigenvalue weighted by Crippen LogP contribution is -2.44. The maximum Gasteiger partial charge on any atom is 0.319 e. The first-order valence-electron chi connectivity index (χ1n) is 10.2. The lowest BCUT2D eigenvalue weighted by molar-refractivity contribution is 0.238. The minimum absolute atomic E-state index is 0.000925. The first-order chi connectivity index (χ1) is 13.9. The number of hydrogen-bond acceptors (Lipinski definition) is 4. The minimum Gasteiger partial charge on any atom is -0.506 e. The number of phenolic OH excluding ortho intramolecular Hbond substituents is 1. The summed E-state index contributed by atoms with van der Waals surface area (Å²) in [6.45, 7) is 4.04. The number of urea groups is 1. The van der Waals surface area contributed by atoms with Crippen molar-refractivity contribution in [1.29, 1.82) is 0 Å². The number of aromatic hydroxyl groups is 1. The quantitative estimate of drug-likeness (QED) is 0.615. The van der Waals surface area contributed by atoms with Crippen molar-refractivity contribution in [3.63, 3.8) is 0 Å². The van der Waals surface area contributed by atoms with E-state index < -0.39 is 6.04 Å². The van der Waals surface area contributed by atoms with Crippen LogP contribution in [0.1, 0.15) is 75.1 Å². The van der Waals surface area contributed by atoms with Gasteiger partial charge >= 0.3 is 6.03 Å². The Morgan fingerprint density at radius 3 is 2.69 bits per heavy atom. The van der Waals surface area contributed by atoms with Crippen molar-refractivity contribution in [2.45, 2.75) is 57.9 Å². The van der Waals surface area contributed by atoms with Gasteiger partial charge in [0.1, 0.15) is 12.0 Å². The fraction of sp³-hybridized carbons (Fsp3) is 0.455. The second-order valence-corrected chi connectivity index (χ2v) is 8.54. The molecule has 0 radical (unpaired) electrons. The average molecular weight is 416 g/mol. The Morgan fingerprint density at radius 2 is 2.00 bits per heavy atom. The van der Waals surface area contributed by atoms with E-state index in [2.05, 4.69) is 10.6 Å². The summed E-state index contributed by atoms with van der Waals surface area (Å²) in [5.74, 6) is 1.00. The summed E-state index contributed by atoms with van der Waals surface area (Å²) in [5.41, 5.74) is 3.31. The molecule has 0 saturated heterocycles. The monoisotopic (exact) mass is 415 g/mol. The van der Waals surface area contributed by atoms with Crippen LogP contribution in [0.4, 0.5) is 4.79 Å². The Morgan fingerprint density at radius 1 is 1.24 bits per heavy atom. The number of halogens is 1. The molecule has 2 aliphatic rings. The summed E-state index contributed by atoms with van der Waals surface area (Å²) in [7, 11) is 0. The van der Waals surface area contributed by atoms with Crippen LogP contribution >= 0.6 is 11.6 Å². The fourth-order valence-corrected chi connectivity index (χ4v) is 4.42. The van der Waals surface area contributed by atoms with E-state index in [9.17, 15) is 9.90 Å². The van der Waals surface area contributed by atoms with Crippen LogP contribution in [0, 0.1) is 5.92 Å². The Labute approximate surface area is 175 Å². The van der Waals surface area contributed by atoms with Gasteiger partial charge in [0.05, 0.1) is 22.3 Å². The molecule has 154 valence electrons. The summed E-state index contributed by atoms with van der Waals surface area (Å²) >= 11 is 6.13. The predicted molar refractivity (Wildman–Crippen MR) is 112 cm³/mol. The number of allylic oxidation sites excluding steroid dienone is 1. The van der Waals surface area contributed by atoms with E-state index in [1.807, 2.05) is 13.8 Å². The van der Waals surface area contributed by atoms with Gasteiger partial charge in [0.25, 0.3) is 0 Å². The molecule has 7 heteroatoms. The van der Waals surface area contributed by atoms with Gasteiger partial charge < -0.3 is 20.2 Å². The molecule has 1 unspecified atom stereocenters. The highest BCUT2D eigenvalue weighted by Crippen LogP contribution is 2.40. The van der Waals surface area contributed by atoms with Gasteiger partial charge in [0, 0.05) is 11.6 Å². The third-order valence-electron chi connectivity index (χ3n) is 5.76. The lowest BCUT2D eigenvalue weighted by atomic mass is 9.87. The largest absolute Gasteiger partial charge is 0.506 e. The number of hydrogen-bond donors (Lipinski definition) is 3. The minimum atomic E-state index is -0.475. The topological polar surface area (TPSA) is 87.4 Å². The number of rotatable bonds is 4. The summed E-state index contributed by atoms with van der Waals surface area (Å²) < 4.78 is 5.94. The number of nitrogens with one attached hydrogen (secondary N) is 2. The number of aromatic nitrogens is 1. The van der Waals surface area contributed by atoms with Gasteiger partial charge in [0.15, 0.2) is 0 Å². The molecule has 1 aliphatic heterocycles. The highest BCUT2D eigenvalue weighted by molar-refractivity contribution is 6.32. The molecule has 1 aromatic carbocycles. The highest BCUT2D eigenvalue weighted by atomic mass is 35.5. The standard InChI is InChI=1S/C22H26ClN3O3/c1-12(2)19-18(21-24-16(11-29-21)13-6-4-3-5-7-13)20(26-22(28)25-19)14-8-9-17(27)15(23)10-14/h8-13,20,27H,3-7H2,1-2H3,(H2,25,26,28). The van der Waals surface area contributed by atoms with Crippen LogP contribution in [-0.4, -0.2) is 16.1 Å². The van der Waals surface area contributed by atoms with Gasteiger partial charge in [-0.3, -0.25) is 0 Å². The van der Waals surface area contributed by atoms with E-state index in [0.717, 1.165) is 35.4 Å². The van der Waals surface area contributed by atoms with Gasteiger partial charge in [-0.05, 0) is 36.5 Å². The maximum atomic E-state index is 12.4. The Kier molecular flexibility index (Phi) is 5.54. The van der Waals surface area contributed by atoms with Crippen LogP contribution in [0.15, 0.2) is 34.6 Å². The van der Waals surface area contributed by atoms with E-state index in [1.54, 1.807) is 18.4 Å². The van der Waals surface area contributed by atoms with Crippen molar-refractivity contribution in [3.8, 4) is 5.75 Å². The van der Waals surface area contributed by atoms with Crippen molar-refractivity contribution in [2.75, 3.05) is 0 Å². The Balaban J connectivity index is 1.78. The van der Waals surface area contributed by atoms with Crippen molar-refractivity contribution < 1.29 is 14.3 Å². The molecule has 2 aromatic rings. The molecule has 29 heavy (non-hydrogen) atoms. The second-order valence-electron chi connectivity index (χ2n) is 8.14. The van der Waals surface area contributed by atoms with E-state index in [4.69, 9.17) is 21.0 Å². The molecule has 4 rings (SSSR count). The van der Waals surface area contributed by atoms with E-state index in [-0.39, 0.29) is 22.7 Å². The summed E-state index contributed by atoms with van der Waals surface area (Å²) in [6.07, 6.45) is 7.75. The molecule has 1 fully saturated rings. The number of amides is 2. The summed E-state index contributed by atoms with van der Waals surface area (Å²) in [6, 6.07) is 4.18. The van der Waals surface area contributed by atoms with Gasteiger partial charge in [-0.1, -0.05) is 50.8 Å². The number of phenols is 1. The van der Waals surface area contributed by atoms with E-state index in [1.165, 1.54) is 25.3 Å². The molecule has 1 atom stereocenters. The number of oxazole rings is 1. The molecule has 3 N–H and O–H groups in total. The zero-order valence-electron chi connectivity index (χ0n) is 16.7. The van der Waals surface area contributed by atoms with Crippen molar-refractivity contribution in [3.05, 3.63) is 52.3 Å². The van der Waals surface area contributed by atoms with Crippen LogP contribution in [0.25, 0.3) is 5.57 Å². The van der Waals surface area contributed by atoms with Crippen molar-refractivity contribution in [2.24, 2.45) is 5.92 Å². The van der Waals surface area contributed by atoms with Crippen LogP contribution in [-0.2, 0) is 0 Å². The van der Waals surface area contributed by atoms with Crippen molar-refractivity contribution >= 4 is 23.2 Å². The van der Waals surface area contributed by atoms with E-state index >= 15 is 0 Å². The van der Waals surface area contributed by atoms with Gasteiger partial charge in [-0.15, -0.1) is 0 Å². The molecule has 0 bridgehead atoms. The molecule has 6 nitrogen and oxygen atoms in total. The SMILES string of the molecule is CC(C)C1=C(c2nc(C3CCCCC3)co2)C(c2ccc(O)c(Cl)c2)NC(=O)N1. The Bertz CT molecular complexity index is 945. The third-order valence-corrected chi connectivity index (χ3v) is 6.06. The van der Waals surface area contributed by atoms with Crippen LogP contribution in [0.5, 0.6) is 5.75 Å². The van der Waals surface area contributed by atoms with Crippen LogP contribution in [0.3, 0.4) is 0 Å². The number of carbonyl (C=O) groups excluding carboxylic acids is 1. The normalized spacial score (nSPS) is 20.7. The van der Waals surface area contributed by atoms with Gasteiger partial charge in [-0.2, -0.15) is 0 Å². The van der Waals surface area contributed by atoms with Crippen LogP contribution < -0.4 is 10.6 Å². The molecule has 0 spiro atoms. The van der Waals surface area contributed by atoms with Crippen molar-refractivity contribution in [1.82, 2.24) is 15.6 Å². The molecule has 1 aromatic heterocycles. The molecular weight excluding hydrogens is 390 g/mol. The molecular formula is C22H26ClN3O3.